The molecule has 0 saturated heterocycles. The molecule has 0 fully saturated rings. The minimum absolute atomic E-state index is 0.0546. The van der Waals surface area contributed by atoms with Gasteiger partial charge in [0.25, 0.3) is 0 Å². The molecule has 0 spiro atoms. The van der Waals surface area contributed by atoms with Crippen LogP contribution in [-0.4, -0.2) is 0 Å². The van der Waals surface area contributed by atoms with Crippen LogP contribution in [0.4, 0.5) is 8.78 Å². The van der Waals surface area contributed by atoms with E-state index in [-0.39, 0.29) is 5.41 Å². The zero-order valence-corrected chi connectivity index (χ0v) is 10.8. The van der Waals surface area contributed by atoms with Crippen LogP contribution in [0.2, 0.25) is 0 Å². The first-order valence-electron chi connectivity index (χ1n) is 5.94. The standard InChI is InChI=1S/C16H16F2/c1-16(2,3)12-9-7-11(8-10-12)13-5-4-6-14(17)15(13)18/h4-10H,1-3H3. The molecule has 18 heavy (non-hydrogen) atoms. The molecule has 2 aromatic rings. The summed E-state index contributed by atoms with van der Waals surface area (Å²) in [5.74, 6) is -1.60. The Bertz CT molecular complexity index is 548. The predicted molar refractivity (Wildman–Crippen MR) is 70.5 cm³/mol. The number of hydrogen-bond acceptors (Lipinski definition) is 0. The van der Waals surface area contributed by atoms with Crippen LogP contribution < -0.4 is 0 Å². The maximum atomic E-state index is 13.6. The summed E-state index contributed by atoms with van der Waals surface area (Å²) in [5.41, 5.74) is 2.22. The van der Waals surface area contributed by atoms with Gasteiger partial charge in [-0.05, 0) is 22.6 Å². The van der Waals surface area contributed by atoms with Gasteiger partial charge in [0.15, 0.2) is 11.6 Å². The highest BCUT2D eigenvalue weighted by Crippen LogP contribution is 2.28. The Morgan fingerprint density at radius 1 is 0.833 bits per heavy atom. The lowest BCUT2D eigenvalue weighted by Gasteiger charge is -2.19. The maximum absolute atomic E-state index is 13.6. The first kappa shape index (κ1) is 12.7. The Morgan fingerprint density at radius 3 is 2.00 bits per heavy atom. The van der Waals surface area contributed by atoms with Gasteiger partial charge in [-0.25, -0.2) is 8.78 Å². The molecule has 0 nitrogen and oxygen atoms in total. The van der Waals surface area contributed by atoms with Gasteiger partial charge in [-0.2, -0.15) is 0 Å². The topological polar surface area (TPSA) is 0 Å². The van der Waals surface area contributed by atoms with Crippen LogP contribution in [0.1, 0.15) is 26.3 Å². The van der Waals surface area contributed by atoms with Crippen LogP contribution in [0.5, 0.6) is 0 Å². The Hall–Kier alpha value is -1.70. The van der Waals surface area contributed by atoms with E-state index in [0.29, 0.717) is 11.1 Å². The average Bonchev–Trinajstić information content (AvgIpc) is 2.32. The molecule has 0 aromatic heterocycles. The molecule has 0 aliphatic rings. The number of benzene rings is 2. The van der Waals surface area contributed by atoms with Gasteiger partial charge < -0.3 is 0 Å². The molecular formula is C16H16F2. The zero-order valence-electron chi connectivity index (χ0n) is 10.8. The van der Waals surface area contributed by atoms with Crippen LogP contribution >= 0.6 is 0 Å². The van der Waals surface area contributed by atoms with Crippen molar-refractivity contribution in [3.63, 3.8) is 0 Å². The van der Waals surface area contributed by atoms with Crippen molar-refractivity contribution in [3.05, 3.63) is 59.7 Å². The van der Waals surface area contributed by atoms with Crippen molar-refractivity contribution in [1.29, 1.82) is 0 Å². The summed E-state index contributed by atoms with van der Waals surface area (Å²) in [6, 6.07) is 11.8. The number of hydrogen-bond donors (Lipinski definition) is 0. The fourth-order valence-electron chi connectivity index (χ4n) is 1.88. The summed E-state index contributed by atoms with van der Waals surface area (Å²) in [4.78, 5) is 0. The Balaban J connectivity index is 2.44. The molecule has 0 saturated carbocycles. The second-order valence-electron chi connectivity index (χ2n) is 5.43. The highest BCUT2D eigenvalue weighted by Gasteiger charge is 2.14. The minimum Gasteiger partial charge on any atom is -0.204 e. The van der Waals surface area contributed by atoms with E-state index in [1.54, 1.807) is 6.07 Å². The summed E-state index contributed by atoms with van der Waals surface area (Å²) in [7, 11) is 0. The van der Waals surface area contributed by atoms with Gasteiger partial charge >= 0.3 is 0 Å². The van der Waals surface area contributed by atoms with Crippen molar-refractivity contribution in [2.24, 2.45) is 0 Å². The lowest BCUT2D eigenvalue weighted by molar-refractivity contribution is 0.511. The second-order valence-corrected chi connectivity index (χ2v) is 5.43. The van der Waals surface area contributed by atoms with Gasteiger partial charge in [-0.3, -0.25) is 0 Å². The van der Waals surface area contributed by atoms with Crippen LogP contribution in [-0.2, 0) is 5.41 Å². The smallest absolute Gasteiger partial charge is 0.166 e. The lowest BCUT2D eigenvalue weighted by atomic mass is 9.86. The largest absolute Gasteiger partial charge is 0.204 e. The van der Waals surface area contributed by atoms with E-state index < -0.39 is 11.6 Å². The fraction of sp³-hybridized carbons (Fsp3) is 0.250. The van der Waals surface area contributed by atoms with E-state index >= 15 is 0 Å². The van der Waals surface area contributed by atoms with Crippen molar-refractivity contribution >= 4 is 0 Å². The zero-order chi connectivity index (χ0) is 13.3. The van der Waals surface area contributed by atoms with E-state index in [1.165, 1.54) is 11.6 Å². The Labute approximate surface area is 106 Å². The molecule has 2 aromatic carbocycles. The van der Waals surface area contributed by atoms with Crippen molar-refractivity contribution < 1.29 is 8.78 Å². The summed E-state index contributed by atoms with van der Waals surface area (Å²) in [6.07, 6.45) is 0. The van der Waals surface area contributed by atoms with E-state index in [2.05, 4.69) is 20.8 Å². The van der Waals surface area contributed by atoms with Gasteiger partial charge in [-0.1, -0.05) is 57.2 Å². The summed E-state index contributed by atoms with van der Waals surface area (Å²) < 4.78 is 26.8. The van der Waals surface area contributed by atoms with Crippen LogP contribution in [0.25, 0.3) is 11.1 Å². The minimum atomic E-state index is -0.813. The Kier molecular flexibility index (Phi) is 3.20. The number of rotatable bonds is 1. The second kappa shape index (κ2) is 4.52. The highest BCUT2D eigenvalue weighted by molar-refractivity contribution is 5.64. The quantitative estimate of drug-likeness (QED) is 0.669. The monoisotopic (exact) mass is 246 g/mol. The van der Waals surface area contributed by atoms with Crippen LogP contribution in [0, 0.1) is 11.6 Å². The molecule has 0 N–H and O–H groups in total. The molecule has 0 bridgehead atoms. The van der Waals surface area contributed by atoms with E-state index in [0.717, 1.165) is 6.07 Å². The Morgan fingerprint density at radius 2 is 1.44 bits per heavy atom. The molecule has 0 amide bonds. The average molecular weight is 246 g/mol. The van der Waals surface area contributed by atoms with Crippen molar-refractivity contribution in [2.45, 2.75) is 26.2 Å². The molecular weight excluding hydrogens is 230 g/mol. The highest BCUT2D eigenvalue weighted by atomic mass is 19.2. The molecule has 0 aliphatic heterocycles. The summed E-state index contributed by atoms with van der Waals surface area (Å²) in [5, 5.41) is 0. The van der Waals surface area contributed by atoms with Gasteiger partial charge in [0.05, 0.1) is 0 Å². The third kappa shape index (κ3) is 2.42. The van der Waals surface area contributed by atoms with Crippen molar-refractivity contribution in [3.8, 4) is 11.1 Å². The van der Waals surface area contributed by atoms with Crippen LogP contribution in [0.15, 0.2) is 42.5 Å². The summed E-state index contributed by atoms with van der Waals surface area (Å²) in [6.45, 7) is 6.35. The molecule has 2 heteroatoms. The maximum Gasteiger partial charge on any atom is 0.166 e. The fourth-order valence-corrected chi connectivity index (χ4v) is 1.88. The molecule has 0 heterocycles. The van der Waals surface area contributed by atoms with E-state index in [9.17, 15) is 8.78 Å². The third-order valence-electron chi connectivity index (χ3n) is 3.01. The first-order valence-corrected chi connectivity index (χ1v) is 5.94. The first-order chi connectivity index (χ1) is 8.39. The molecule has 0 aliphatic carbocycles. The van der Waals surface area contributed by atoms with Gasteiger partial charge in [0, 0.05) is 5.56 Å². The molecule has 0 atom stereocenters. The van der Waals surface area contributed by atoms with Gasteiger partial charge in [0.2, 0.25) is 0 Å². The van der Waals surface area contributed by atoms with Crippen molar-refractivity contribution in [2.75, 3.05) is 0 Å². The van der Waals surface area contributed by atoms with E-state index in [4.69, 9.17) is 0 Å². The molecule has 0 unspecified atom stereocenters. The third-order valence-corrected chi connectivity index (χ3v) is 3.01. The normalized spacial score (nSPS) is 11.6. The van der Waals surface area contributed by atoms with Gasteiger partial charge in [0.1, 0.15) is 0 Å². The van der Waals surface area contributed by atoms with Crippen molar-refractivity contribution in [1.82, 2.24) is 0 Å². The summed E-state index contributed by atoms with van der Waals surface area (Å²) >= 11 is 0. The van der Waals surface area contributed by atoms with E-state index in [1.807, 2.05) is 24.3 Å². The van der Waals surface area contributed by atoms with Crippen LogP contribution in [0.3, 0.4) is 0 Å². The molecule has 2 rings (SSSR count). The number of halogens is 2. The lowest BCUT2D eigenvalue weighted by Crippen LogP contribution is -2.10. The predicted octanol–water partition coefficient (Wildman–Crippen LogP) is 4.93. The van der Waals surface area contributed by atoms with Gasteiger partial charge in [-0.15, -0.1) is 0 Å². The molecule has 0 radical (unpaired) electrons. The SMILES string of the molecule is CC(C)(C)c1ccc(-c2cccc(F)c2F)cc1. The molecule has 94 valence electrons.